The number of fused-ring (bicyclic) bond motifs is 2. The Hall–Kier alpha value is -1.96. The predicted octanol–water partition coefficient (Wildman–Crippen LogP) is 4.18. The standard InChI is InChI=1S/C19H21N2/c20-19-12-17(11-15-4-1-2-7-18(15)19)21-16-9-8-13-5-3-6-14(13)10-16/h8-11,21H,1-7,20H2. The van der Waals surface area contributed by atoms with Gasteiger partial charge < -0.3 is 11.1 Å². The first-order valence-electron chi connectivity index (χ1n) is 8.02. The molecule has 2 aromatic rings. The van der Waals surface area contributed by atoms with E-state index < -0.39 is 0 Å². The van der Waals surface area contributed by atoms with Crippen LogP contribution in [-0.4, -0.2) is 0 Å². The number of hydrogen-bond donors (Lipinski definition) is 2. The first-order chi connectivity index (χ1) is 10.3. The van der Waals surface area contributed by atoms with Crippen LogP contribution in [0.2, 0.25) is 0 Å². The largest absolute Gasteiger partial charge is 0.398 e. The molecule has 0 bridgehead atoms. The highest BCUT2D eigenvalue weighted by atomic mass is 14.9. The highest BCUT2D eigenvalue weighted by Crippen LogP contribution is 2.31. The summed E-state index contributed by atoms with van der Waals surface area (Å²) in [6.45, 7) is 0. The number of anilines is 3. The predicted molar refractivity (Wildman–Crippen MR) is 88.1 cm³/mol. The van der Waals surface area contributed by atoms with E-state index in [1.807, 2.05) is 0 Å². The van der Waals surface area contributed by atoms with Gasteiger partial charge in [0.1, 0.15) is 0 Å². The summed E-state index contributed by atoms with van der Waals surface area (Å²) in [5.41, 5.74) is 14.9. The van der Waals surface area contributed by atoms with Crippen molar-refractivity contribution in [3.8, 4) is 0 Å². The van der Waals surface area contributed by atoms with Crippen LogP contribution in [0, 0.1) is 6.07 Å². The van der Waals surface area contributed by atoms with Crippen LogP contribution in [0.25, 0.3) is 0 Å². The molecule has 4 rings (SSSR count). The minimum atomic E-state index is 0.830. The van der Waals surface area contributed by atoms with Crippen molar-refractivity contribution < 1.29 is 0 Å². The van der Waals surface area contributed by atoms with Gasteiger partial charge in [-0.2, -0.15) is 0 Å². The van der Waals surface area contributed by atoms with Gasteiger partial charge in [0.05, 0.1) is 0 Å². The van der Waals surface area contributed by atoms with Gasteiger partial charge >= 0.3 is 0 Å². The zero-order chi connectivity index (χ0) is 14.2. The first-order valence-corrected chi connectivity index (χ1v) is 8.02. The van der Waals surface area contributed by atoms with Crippen molar-refractivity contribution in [2.45, 2.75) is 44.9 Å². The van der Waals surface area contributed by atoms with Crippen molar-refractivity contribution in [3.05, 3.63) is 52.6 Å². The Labute approximate surface area is 126 Å². The van der Waals surface area contributed by atoms with Gasteiger partial charge in [-0.1, -0.05) is 6.07 Å². The number of benzene rings is 2. The summed E-state index contributed by atoms with van der Waals surface area (Å²) < 4.78 is 0. The molecule has 2 aliphatic carbocycles. The van der Waals surface area contributed by atoms with Crippen molar-refractivity contribution in [1.82, 2.24) is 0 Å². The molecule has 0 fully saturated rings. The second-order valence-electron chi connectivity index (χ2n) is 6.27. The lowest BCUT2D eigenvalue weighted by Gasteiger charge is -2.19. The number of rotatable bonds is 2. The molecule has 3 N–H and O–H groups in total. The molecule has 0 saturated carbocycles. The fraction of sp³-hybridized carbons (Fsp3) is 0.368. The topological polar surface area (TPSA) is 38.0 Å². The molecule has 0 aromatic heterocycles. The molecule has 0 unspecified atom stereocenters. The van der Waals surface area contributed by atoms with Gasteiger partial charge in [0, 0.05) is 23.1 Å². The second-order valence-corrected chi connectivity index (χ2v) is 6.27. The molecular formula is C19H21N2. The zero-order valence-electron chi connectivity index (χ0n) is 12.3. The molecule has 2 aliphatic rings. The van der Waals surface area contributed by atoms with Crippen molar-refractivity contribution in [3.63, 3.8) is 0 Å². The smallest absolute Gasteiger partial charge is 0.0489 e. The van der Waals surface area contributed by atoms with Crippen molar-refractivity contribution in [2.24, 2.45) is 0 Å². The van der Waals surface area contributed by atoms with Crippen molar-refractivity contribution in [2.75, 3.05) is 11.1 Å². The maximum Gasteiger partial charge on any atom is 0.0489 e. The van der Waals surface area contributed by atoms with Gasteiger partial charge in [0.15, 0.2) is 0 Å². The molecule has 2 heteroatoms. The second kappa shape index (κ2) is 5.10. The Bertz CT molecular complexity index is 688. The third-order valence-corrected chi connectivity index (χ3v) is 4.80. The average molecular weight is 277 g/mol. The van der Waals surface area contributed by atoms with Crippen LogP contribution < -0.4 is 11.1 Å². The lowest BCUT2D eigenvalue weighted by Crippen LogP contribution is -2.07. The van der Waals surface area contributed by atoms with E-state index in [9.17, 15) is 0 Å². The van der Waals surface area contributed by atoms with Crippen LogP contribution in [-0.2, 0) is 25.7 Å². The van der Waals surface area contributed by atoms with Gasteiger partial charge in [0.25, 0.3) is 0 Å². The lowest BCUT2D eigenvalue weighted by atomic mass is 9.90. The summed E-state index contributed by atoms with van der Waals surface area (Å²) >= 11 is 0. The third-order valence-electron chi connectivity index (χ3n) is 4.80. The fourth-order valence-electron chi connectivity index (χ4n) is 3.70. The van der Waals surface area contributed by atoms with Crippen LogP contribution in [0.5, 0.6) is 0 Å². The molecular weight excluding hydrogens is 256 g/mol. The molecule has 0 amide bonds. The van der Waals surface area contributed by atoms with Crippen LogP contribution in [0.15, 0.2) is 24.3 Å². The molecule has 21 heavy (non-hydrogen) atoms. The Morgan fingerprint density at radius 3 is 2.62 bits per heavy atom. The van der Waals surface area contributed by atoms with Gasteiger partial charge in [-0.25, -0.2) is 0 Å². The number of hydrogen-bond acceptors (Lipinski definition) is 2. The SMILES string of the molecule is Nc1[c]c(Nc2ccc3c(c2)CCC3)cc2c1CCCC2. The maximum absolute atomic E-state index is 6.19. The Balaban J connectivity index is 1.64. The summed E-state index contributed by atoms with van der Waals surface area (Å²) in [6, 6.07) is 12.3. The van der Waals surface area contributed by atoms with E-state index in [0.29, 0.717) is 0 Å². The molecule has 2 aromatic carbocycles. The quantitative estimate of drug-likeness (QED) is 0.808. The monoisotopic (exact) mass is 277 g/mol. The van der Waals surface area contributed by atoms with E-state index in [1.54, 1.807) is 0 Å². The van der Waals surface area contributed by atoms with Crippen LogP contribution in [0.3, 0.4) is 0 Å². The van der Waals surface area contributed by atoms with E-state index >= 15 is 0 Å². The van der Waals surface area contributed by atoms with Gasteiger partial charge in [-0.3, -0.25) is 0 Å². The van der Waals surface area contributed by atoms with Crippen molar-refractivity contribution in [1.29, 1.82) is 0 Å². The Morgan fingerprint density at radius 2 is 1.67 bits per heavy atom. The average Bonchev–Trinajstić information content (AvgIpc) is 2.95. The molecule has 0 heterocycles. The number of aryl methyl sites for hydroxylation is 3. The van der Waals surface area contributed by atoms with E-state index in [2.05, 4.69) is 35.6 Å². The van der Waals surface area contributed by atoms with E-state index in [-0.39, 0.29) is 0 Å². The summed E-state index contributed by atoms with van der Waals surface area (Å²) in [7, 11) is 0. The van der Waals surface area contributed by atoms with E-state index in [4.69, 9.17) is 5.73 Å². The van der Waals surface area contributed by atoms with E-state index in [0.717, 1.165) is 29.9 Å². The third kappa shape index (κ3) is 2.39. The molecule has 1 radical (unpaired) electrons. The lowest BCUT2D eigenvalue weighted by molar-refractivity contribution is 0.687. The summed E-state index contributed by atoms with van der Waals surface area (Å²) in [5.74, 6) is 0. The first kappa shape index (κ1) is 12.8. The Morgan fingerprint density at radius 1 is 0.857 bits per heavy atom. The normalized spacial score (nSPS) is 16.4. The molecule has 0 aliphatic heterocycles. The molecule has 107 valence electrons. The number of nitrogens with one attached hydrogen (secondary N) is 1. The Kier molecular flexibility index (Phi) is 3.10. The van der Waals surface area contributed by atoms with Crippen LogP contribution in [0.1, 0.15) is 41.5 Å². The van der Waals surface area contributed by atoms with Crippen molar-refractivity contribution >= 4 is 17.1 Å². The van der Waals surface area contributed by atoms with Crippen LogP contribution in [0.4, 0.5) is 17.1 Å². The molecule has 2 nitrogen and oxygen atoms in total. The van der Waals surface area contributed by atoms with E-state index in [1.165, 1.54) is 54.4 Å². The summed E-state index contributed by atoms with van der Waals surface area (Å²) in [4.78, 5) is 0. The fourth-order valence-corrected chi connectivity index (χ4v) is 3.70. The minimum Gasteiger partial charge on any atom is -0.398 e. The van der Waals surface area contributed by atoms with Gasteiger partial charge in [-0.05, 0) is 85.4 Å². The number of nitrogen functional groups attached to an aromatic ring is 1. The highest BCUT2D eigenvalue weighted by molar-refractivity contribution is 5.68. The molecule has 0 atom stereocenters. The molecule has 0 saturated heterocycles. The minimum absolute atomic E-state index is 0.830. The summed E-state index contributed by atoms with van der Waals surface area (Å²) in [5, 5.41) is 3.49. The zero-order valence-corrected chi connectivity index (χ0v) is 12.3. The van der Waals surface area contributed by atoms with Crippen LogP contribution >= 0.6 is 0 Å². The highest BCUT2D eigenvalue weighted by Gasteiger charge is 2.14. The molecule has 0 spiro atoms. The maximum atomic E-state index is 6.19. The van der Waals surface area contributed by atoms with Gasteiger partial charge in [-0.15, -0.1) is 0 Å². The number of nitrogens with two attached hydrogens (primary N) is 1. The van der Waals surface area contributed by atoms with Gasteiger partial charge in [0.2, 0.25) is 0 Å². The summed E-state index contributed by atoms with van der Waals surface area (Å²) in [6.07, 6.45) is 8.51.